The van der Waals surface area contributed by atoms with Crippen molar-refractivity contribution in [3.05, 3.63) is 82.6 Å². The Labute approximate surface area is 187 Å². The van der Waals surface area contributed by atoms with Gasteiger partial charge in [0, 0.05) is 37.5 Å². The minimum absolute atomic E-state index is 0.0387. The molecule has 0 aliphatic rings. The van der Waals surface area contributed by atoms with E-state index in [1.165, 1.54) is 0 Å². The zero-order valence-electron chi connectivity index (χ0n) is 18.6. The van der Waals surface area contributed by atoms with E-state index in [9.17, 15) is 4.79 Å². The minimum atomic E-state index is -0.0387. The van der Waals surface area contributed by atoms with Crippen molar-refractivity contribution in [2.24, 2.45) is 7.05 Å². The molecule has 0 saturated heterocycles. The molecule has 0 spiro atoms. The van der Waals surface area contributed by atoms with Crippen molar-refractivity contribution in [2.75, 3.05) is 26.6 Å². The van der Waals surface area contributed by atoms with Crippen LogP contribution in [0.5, 0.6) is 17.2 Å². The first-order chi connectivity index (χ1) is 15.5. The Hall–Kier alpha value is -3.93. The first-order valence-electron chi connectivity index (χ1n) is 10.3. The lowest BCUT2D eigenvalue weighted by Gasteiger charge is -2.16. The number of hydrogen-bond acceptors (Lipinski definition) is 5. The summed E-state index contributed by atoms with van der Waals surface area (Å²) < 4.78 is 17.9. The van der Waals surface area contributed by atoms with Gasteiger partial charge in [-0.25, -0.2) is 0 Å². The van der Waals surface area contributed by atoms with Crippen LogP contribution >= 0.6 is 0 Å². The van der Waals surface area contributed by atoms with Gasteiger partial charge in [-0.2, -0.15) is 0 Å². The van der Waals surface area contributed by atoms with E-state index in [-0.39, 0.29) is 5.43 Å². The van der Waals surface area contributed by atoms with E-state index in [1.807, 2.05) is 78.5 Å². The van der Waals surface area contributed by atoms with E-state index in [1.54, 1.807) is 21.3 Å². The molecule has 1 N–H and O–H groups in total. The highest BCUT2D eigenvalue weighted by Gasteiger charge is 2.15. The summed E-state index contributed by atoms with van der Waals surface area (Å²) >= 11 is 0. The largest absolute Gasteiger partial charge is 0.497 e. The smallest absolute Gasteiger partial charge is 0.199 e. The van der Waals surface area contributed by atoms with E-state index < -0.39 is 0 Å². The molecule has 4 aromatic rings. The van der Waals surface area contributed by atoms with Gasteiger partial charge in [0.1, 0.15) is 17.2 Å². The maximum Gasteiger partial charge on any atom is 0.199 e. The zero-order chi connectivity index (χ0) is 22.7. The Morgan fingerprint density at radius 1 is 0.812 bits per heavy atom. The molecular formula is C26H26N2O4. The fourth-order valence-electron chi connectivity index (χ4n) is 3.75. The van der Waals surface area contributed by atoms with E-state index >= 15 is 0 Å². The number of ether oxygens (including phenoxy) is 3. The van der Waals surface area contributed by atoms with E-state index in [0.717, 1.165) is 33.8 Å². The Morgan fingerprint density at radius 3 is 2.00 bits per heavy atom. The highest BCUT2D eigenvalue weighted by molar-refractivity contribution is 5.95. The number of pyridine rings is 1. The van der Waals surface area contributed by atoms with Crippen LogP contribution in [0.3, 0.4) is 0 Å². The molecule has 0 saturated carbocycles. The van der Waals surface area contributed by atoms with Gasteiger partial charge in [-0.15, -0.1) is 0 Å². The van der Waals surface area contributed by atoms with Gasteiger partial charge in [0.2, 0.25) is 0 Å². The van der Waals surface area contributed by atoms with Gasteiger partial charge in [0.25, 0.3) is 0 Å². The number of hydrogen-bond donors (Lipinski definition) is 1. The third-order valence-corrected chi connectivity index (χ3v) is 5.54. The summed E-state index contributed by atoms with van der Waals surface area (Å²) in [7, 11) is 6.82. The van der Waals surface area contributed by atoms with Crippen molar-refractivity contribution in [1.29, 1.82) is 0 Å². The lowest BCUT2D eigenvalue weighted by molar-refractivity contribution is 0.414. The normalized spacial score (nSPS) is 10.8. The third kappa shape index (κ3) is 4.12. The van der Waals surface area contributed by atoms with Crippen molar-refractivity contribution in [3.8, 4) is 28.4 Å². The van der Waals surface area contributed by atoms with E-state index in [4.69, 9.17) is 14.2 Å². The van der Waals surface area contributed by atoms with Crippen molar-refractivity contribution in [1.82, 2.24) is 4.57 Å². The van der Waals surface area contributed by atoms with Gasteiger partial charge in [-0.1, -0.05) is 24.3 Å². The Balaban J connectivity index is 1.80. The third-order valence-electron chi connectivity index (χ3n) is 5.54. The second-order valence-corrected chi connectivity index (χ2v) is 7.48. The lowest BCUT2D eigenvalue weighted by atomic mass is 10.0. The SMILES string of the molecule is COc1ccc(CNc2cc(OC)cc3c2c(=O)c(-c2ccc(OC)cc2)cn3C)cc1. The predicted octanol–water partition coefficient (Wildman–Crippen LogP) is 4.84. The molecule has 0 fully saturated rings. The molecule has 0 bridgehead atoms. The zero-order valence-corrected chi connectivity index (χ0v) is 18.6. The molecule has 32 heavy (non-hydrogen) atoms. The summed E-state index contributed by atoms with van der Waals surface area (Å²) in [6.07, 6.45) is 1.86. The molecule has 164 valence electrons. The topological polar surface area (TPSA) is 61.7 Å². The van der Waals surface area contributed by atoms with Crippen LogP contribution in [0, 0.1) is 0 Å². The second kappa shape index (κ2) is 9.06. The molecule has 6 nitrogen and oxygen atoms in total. The maximum atomic E-state index is 13.6. The maximum absolute atomic E-state index is 13.6. The molecule has 0 aliphatic carbocycles. The predicted molar refractivity (Wildman–Crippen MR) is 128 cm³/mol. The van der Waals surface area contributed by atoms with Crippen LogP contribution in [-0.2, 0) is 13.6 Å². The van der Waals surface area contributed by atoms with E-state index in [2.05, 4.69) is 5.32 Å². The van der Waals surface area contributed by atoms with Crippen LogP contribution in [-0.4, -0.2) is 25.9 Å². The number of rotatable bonds is 7. The monoisotopic (exact) mass is 430 g/mol. The number of nitrogens with zero attached hydrogens (tertiary/aromatic N) is 1. The van der Waals surface area contributed by atoms with Crippen LogP contribution < -0.4 is 25.0 Å². The molecule has 0 unspecified atom stereocenters. The van der Waals surface area contributed by atoms with Gasteiger partial charge >= 0.3 is 0 Å². The molecule has 1 aromatic heterocycles. The number of anilines is 1. The lowest BCUT2D eigenvalue weighted by Crippen LogP contribution is -2.13. The van der Waals surface area contributed by atoms with Gasteiger partial charge in [0.05, 0.1) is 37.9 Å². The standard InChI is InChI=1S/C26H26N2O4/c1-28-16-22(18-7-11-20(31-3)12-8-18)26(29)25-23(13-21(32-4)14-24(25)28)27-15-17-5-9-19(30-2)10-6-17/h5-14,16,27H,15H2,1-4H3. The van der Waals surface area contributed by atoms with Crippen molar-refractivity contribution in [3.63, 3.8) is 0 Å². The summed E-state index contributed by atoms with van der Waals surface area (Å²) in [6, 6.07) is 19.1. The number of nitrogens with one attached hydrogen (secondary N) is 1. The molecule has 0 aliphatic heterocycles. The highest BCUT2D eigenvalue weighted by Crippen LogP contribution is 2.30. The molecule has 0 amide bonds. The number of methoxy groups -OCH3 is 3. The van der Waals surface area contributed by atoms with Crippen LogP contribution in [0.1, 0.15) is 5.56 Å². The van der Waals surface area contributed by atoms with Gasteiger partial charge < -0.3 is 24.1 Å². The Morgan fingerprint density at radius 2 is 1.41 bits per heavy atom. The van der Waals surface area contributed by atoms with E-state index in [0.29, 0.717) is 23.2 Å². The summed E-state index contributed by atoms with van der Waals surface area (Å²) in [5, 5.41) is 4.05. The van der Waals surface area contributed by atoms with Crippen LogP contribution in [0.4, 0.5) is 5.69 Å². The van der Waals surface area contributed by atoms with Crippen LogP contribution in [0.2, 0.25) is 0 Å². The number of benzene rings is 3. The fourth-order valence-corrected chi connectivity index (χ4v) is 3.75. The van der Waals surface area contributed by atoms with Crippen molar-refractivity contribution >= 4 is 16.6 Å². The first kappa shape index (κ1) is 21.3. The van der Waals surface area contributed by atoms with Crippen LogP contribution in [0.25, 0.3) is 22.0 Å². The molecule has 6 heteroatoms. The molecule has 1 heterocycles. The average Bonchev–Trinajstić information content (AvgIpc) is 2.84. The first-order valence-corrected chi connectivity index (χ1v) is 10.3. The quantitative estimate of drug-likeness (QED) is 0.454. The Bertz CT molecular complexity index is 1290. The summed E-state index contributed by atoms with van der Waals surface area (Å²) in [6.45, 7) is 0.558. The second-order valence-electron chi connectivity index (χ2n) is 7.48. The van der Waals surface area contributed by atoms with Crippen LogP contribution in [0.15, 0.2) is 71.7 Å². The molecular weight excluding hydrogens is 404 g/mol. The number of fused-ring (bicyclic) bond motifs is 1. The molecule has 3 aromatic carbocycles. The molecule has 0 radical (unpaired) electrons. The molecule has 4 rings (SSSR count). The van der Waals surface area contributed by atoms with Gasteiger partial charge in [-0.05, 0) is 35.4 Å². The number of aryl methyl sites for hydroxylation is 1. The molecule has 0 atom stereocenters. The van der Waals surface area contributed by atoms with Gasteiger partial charge in [0.15, 0.2) is 5.43 Å². The van der Waals surface area contributed by atoms with Gasteiger partial charge in [-0.3, -0.25) is 4.79 Å². The Kier molecular flexibility index (Phi) is 6.03. The fraction of sp³-hybridized carbons (Fsp3) is 0.192. The summed E-state index contributed by atoms with van der Waals surface area (Å²) in [5.41, 5.74) is 4.02. The summed E-state index contributed by atoms with van der Waals surface area (Å²) in [5.74, 6) is 2.23. The average molecular weight is 431 g/mol. The summed E-state index contributed by atoms with van der Waals surface area (Å²) in [4.78, 5) is 13.6. The minimum Gasteiger partial charge on any atom is -0.497 e. The highest BCUT2D eigenvalue weighted by atomic mass is 16.5. The van der Waals surface area contributed by atoms with Crippen molar-refractivity contribution < 1.29 is 14.2 Å². The number of aromatic nitrogens is 1. The van der Waals surface area contributed by atoms with Crippen molar-refractivity contribution in [2.45, 2.75) is 6.54 Å².